The predicted octanol–water partition coefficient (Wildman–Crippen LogP) is 3.31. The lowest BCUT2D eigenvalue weighted by Gasteiger charge is -2.39. The fraction of sp³-hybridized carbons (Fsp3) is 0.875. The van der Waals surface area contributed by atoms with Gasteiger partial charge in [-0.05, 0) is 31.0 Å². The van der Waals surface area contributed by atoms with Crippen molar-refractivity contribution in [3.63, 3.8) is 0 Å². The van der Waals surface area contributed by atoms with Crippen molar-refractivity contribution in [2.24, 2.45) is 0 Å². The molecular formula is C16H30O6Si. The van der Waals surface area contributed by atoms with Gasteiger partial charge in [0.1, 0.15) is 0 Å². The molecule has 1 fully saturated rings. The minimum absolute atomic E-state index is 0.0554. The van der Waals surface area contributed by atoms with E-state index in [0.717, 1.165) is 12.8 Å². The van der Waals surface area contributed by atoms with E-state index >= 15 is 0 Å². The summed E-state index contributed by atoms with van der Waals surface area (Å²) in [5.41, 5.74) is 0. The number of esters is 1. The molecule has 0 amide bonds. The van der Waals surface area contributed by atoms with E-state index < -0.39 is 32.6 Å². The monoisotopic (exact) mass is 346 g/mol. The van der Waals surface area contributed by atoms with Crippen molar-refractivity contribution in [1.82, 2.24) is 0 Å². The predicted molar refractivity (Wildman–Crippen MR) is 88.6 cm³/mol. The molecule has 6 nitrogen and oxygen atoms in total. The Hall–Kier alpha value is -0.923. The van der Waals surface area contributed by atoms with Crippen LogP contribution in [-0.4, -0.2) is 44.4 Å². The van der Waals surface area contributed by atoms with Crippen molar-refractivity contribution in [2.75, 3.05) is 6.61 Å². The molecule has 0 spiro atoms. The van der Waals surface area contributed by atoms with Gasteiger partial charge in [0, 0.05) is 6.42 Å². The van der Waals surface area contributed by atoms with Crippen LogP contribution in [0, 0.1) is 0 Å². The second-order valence-corrected chi connectivity index (χ2v) is 12.3. The molecule has 0 aromatic carbocycles. The van der Waals surface area contributed by atoms with Gasteiger partial charge in [-0.1, -0.05) is 20.8 Å². The highest BCUT2D eigenvalue weighted by Crippen LogP contribution is 2.38. The van der Waals surface area contributed by atoms with Crippen LogP contribution in [0.15, 0.2) is 0 Å². The van der Waals surface area contributed by atoms with E-state index in [0.29, 0.717) is 13.0 Å². The Morgan fingerprint density at radius 2 is 1.91 bits per heavy atom. The third kappa shape index (κ3) is 7.01. The molecule has 0 aliphatic carbocycles. The largest absolute Gasteiger partial charge is 0.481 e. The highest BCUT2D eigenvalue weighted by Gasteiger charge is 2.40. The van der Waals surface area contributed by atoms with E-state index in [4.69, 9.17) is 19.0 Å². The number of aliphatic carboxylic acids is 1. The van der Waals surface area contributed by atoms with Crippen LogP contribution in [0.3, 0.4) is 0 Å². The lowest BCUT2D eigenvalue weighted by Crippen LogP contribution is -2.45. The molecule has 0 aromatic rings. The van der Waals surface area contributed by atoms with E-state index in [1.807, 2.05) is 13.1 Å². The number of rotatable bonds is 7. The SMILES string of the molecule is CC(C)(C)[Si](C)(C)OC(CC(=O)O)CC(=O)OC1CCCCO1. The third-order valence-electron chi connectivity index (χ3n) is 4.46. The Balaban J connectivity index is 2.62. The normalized spacial score (nSPS) is 20.8. The summed E-state index contributed by atoms with van der Waals surface area (Å²) >= 11 is 0. The average molecular weight is 346 g/mol. The quantitative estimate of drug-likeness (QED) is 0.562. The second-order valence-electron chi connectivity index (χ2n) is 7.59. The van der Waals surface area contributed by atoms with Gasteiger partial charge in [-0.3, -0.25) is 9.59 Å². The summed E-state index contributed by atoms with van der Waals surface area (Å²) in [6, 6.07) is 0. The molecule has 2 atom stereocenters. The highest BCUT2D eigenvalue weighted by atomic mass is 28.4. The van der Waals surface area contributed by atoms with Gasteiger partial charge in [-0.25, -0.2) is 0 Å². The molecular weight excluding hydrogens is 316 g/mol. The Morgan fingerprint density at radius 1 is 1.26 bits per heavy atom. The molecule has 0 saturated carbocycles. The number of carboxylic acid groups (broad SMARTS) is 1. The molecule has 1 aliphatic heterocycles. The van der Waals surface area contributed by atoms with Gasteiger partial charge in [0.25, 0.3) is 0 Å². The number of carboxylic acids is 1. The summed E-state index contributed by atoms with van der Waals surface area (Å²) in [5, 5.41) is 9.02. The van der Waals surface area contributed by atoms with Crippen LogP contribution in [0.25, 0.3) is 0 Å². The molecule has 23 heavy (non-hydrogen) atoms. The van der Waals surface area contributed by atoms with Crippen molar-refractivity contribution < 1.29 is 28.6 Å². The van der Waals surface area contributed by atoms with Crippen molar-refractivity contribution in [1.29, 1.82) is 0 Å². The fourth-order valence-corrected chi connectivity index (χ4v) is 3.48. The molecule has 1 aliphatic rings. The second kappa shape index (κ2) is 8.26. The zero-order valence-corrected chi connectivity index (χ0v) is 15.9. The van der Waals surface area contributed by atoms with Crippen LogP contribution >= 0.6 is 0 Å². The van der Waals surface area contributed by atoms with Gasteiger partial charge in [-0.2, -0.15) is 0 Å². The maximum absolute atomic E-state index is 12.1. The Labute approximate surface area is 139 Å². The van der Waals surface area contributed by atoms with E-state index in [2.05, 4.69) is 20.8 Å². The Kier molecular flexibility index (Phi) is 7.22. The van der Waals surface area contributed by atoms with E-state index in [-0.39, 0.29) is 17.9 Å². The standard InChI is InChI=1S/C16H30O6Si/c1-16(2,3)23(4,5)22-12(10-13(17)18)11-14(19)21-15-8-6-7-9-20-15/h12,15H,6-11H2,1-5H3,(H,17,18). The van der Waals surface area contributed by atoms with Crippen LogP contribution < -0.4 is 0 Å². The molecule has 1 saturated heterocycles. The van der Waals surface area contributed by atoms with Crippen LogP contribution in [0.2, 0.25) is 18.1 Å². The molecule has 1 N–H and O–H groups in total. The fourth-order valence-electron chi connectivity index (χ4n) is 2.13. The van der Waals surface area contributed by atoms with E-state index in [1.54, 1.807) is 0 Å². The van der Waals surface area contributed by atoms with Gasteiger partial charge in [0.15, 0.2) is 8.32 Å². The van der Waals surface area contributed by atoms with Gasteiger partial charge < -0.3 is 19.0 Å². The van der Waals surface area contributed by atoms with Crippen molar-refractivity contribution in [3.05, 3.63) is 0 Å². The van der Waals surface area contributed by atoms with E-state index in [1.165, 1.54) is 0 Å². The lowest BCUT2D eigenvalue weighted by molar-refractivity contribution is -0.188. The minimum atomic E-state index is -2.16. The van der Waals surface area contributed by atoms with Crippen LogP contribution in [0.4, 0.5) is 0 Å². The maximum Gasteiger partial charge on any atom is 0.310 e. The van der Waals surface area contributed by atoms with Gasteiger partial charge >= 0.3 is 11.9 Å². The first-order chi connectivity index (χ1) is 10.5. The third-order valence-corrected chi connectivity index (χ3v) is 9.00. The smallest absolute Gasteiger partial charge is 0.310 e. The van der Waals surface area contributed by atoms with Crippen molar-refractivity contribution >= 4 is 20.3 Å². The van der Waals surface area contributed by atoms with Crippen molar-refractivity contribution in [2.45, 2.75) is 83.4 Å². The number of hydrogen-bond acceptors (Lipinski definition) is 5. The zero-order valence-electron chi connectivity index (χ0n) is 14.9. The molecule has 1 rings (SSSR count). The number of hydrogen-bond donors (Lipinski definition) is 1. The summed E-state index contributed by atoms with van der Waals surface area (Å²) in [7, 11) is -2.16. The minimum Gasteiger partial charge on any atom is -0.481 e. The molecule has 0 bridgehead atoms. The van der Waals surface area contributed by atoms with E-state index in [9.17, 15) is 9.59 Å². The van der Waals surface area contributed by atoms with Crippen LogP contribution in [0.1, 0.15) is 52.9 Å². The van der Waals surface area contributed by atoms with Crippen LogP contribution in [0.5, 0.6) is 0 Å². The maximum atomic E-state index is 12.1. The summed E-state index contributed by atoms with van der Waals surface area (Å²) in [6.07, 6.45) is 1.21. The topological polar surface area (TPSA) is 82.1 Å². The highest BCUT2D eigenvalue weighted by molar-refractivity contribution is 6.74. The van der Waals surface area contributed by atoms with Gasteiger partial charge in [0.2, 0.25) is 6.29 Å². The molecule has 0 radical (unpaired) electrons. The summed E-state index contributed by atoms with van der Waals surface area (Å²) < 4.78 is 16.7. The summed E-state index contributed by atoms with van der Waals surface area (Å²) in [4.78, 5) is 23.2. The summed E-state index contributed by atoms with van der Waals surface area (Å²) in [5.74, 6) is -1.43. The molecule has 2 unspecified atom stereocenters. The van der Waals surface area contributed by atoms with Crippen molar-refractivity contribution in [3.8, 4) is 0 Å². The Morgan fingerprint density at radius 3 is 2.39 bits per heavy atom. The van der Waals surface area contributed by atoms with Crippen LogP contribution in [-0.2, 0) is 23.5 Å². The summed E-state index contributed by atoms with van der Waals surface area (Å²) in [6.45, 7) is 10.9. The first-order valence-corrected chi connectivity index (χ1v) is 11.1. The first kappa shape index (κ1) is 20.1. The molecule has 1 heterocycles. The molecule has 134 valence electrons. The zero-order chi connectivity index (χ0) is 17.7. The lowest BCUT2D eigenvalue weighted by atomic mass is 10.2. The van der Waals surface area contributed by atoms with Gasteiger partial charge in [-0.15, -0.1) is 0 Å². The average Bonchev–Trinajstić information content (AvgIpc) is 2.36. The Bertz CT molecular complexity index is 409. The number of ether oxygens (including phenoxy) is 2. The van der Waals surface area contributed by atoms with Gasteiger partial charge in [0.05, 0.1) is 25.6 Å². The molecule has 0 aromatic heterocycles. The molecule has 7 heteroatoms. The number of carbonyl (C=O) groups is 2. The number of carbonyl (C=O) groups excluding carboxylic acids is 1. The first-order valence-electron chi connectivity index (χ1n) is 8.22.